The van der Waals surface area contributed by atoms with Crippen LogP contribution in [0.25, 0.3) is 0 Å². The van der Waals surface area contributed by atoms with E-state index in [9.17, 15) is 0 Å². The first-order valence-electron chi connectivity index (χ1n) is 2.23. The van der Waals surface area contributed by atoms with Gasteiger partial charge in [-0.2, -0.15) is 0 Å². The fourth-order valence-electron chi connectivity index (χ4n) is 0.289. The largest absolute Gasteiger partial charge is 0.147 e. The van der Waals surface area contributed by atoms with Gasteiger partial charge in [-0.25, -0.2) is 0 Å². The Hall–Kier alpha value is 0.355. The van der Waals surface area contributed by atoms with E-state index in [2.05, 4.69) is 21.1 Å². The number of rotatable bonds is 2. The summed E-state index contributed by atoms with van der Waals surface area (Å²) in [5.41, 5.74) is 0. The Morgan fingerprint density at radius 1 is 1.17 bits per heavy atom. The van der Waals surface area contributed by atoms with Gasteiger partial charge in [0.05, 0.1) is 0 Å². The predicted molar refractivity (Wildman–Crippen MR) is 34.0 cm³/mol. The Labute approximate surface area is 47.0 Å². The van der Waals surface area contributed by atoms with Crippen LogP contribution in [0.15, 0.2) is 0 Å². The molecule has 0 heterocycles. The normalized spacial score (nSPS) is 6.33. The van der Waals surface area contributed by atoms with Crippen LogP contribution >= 0.6 is 12.4 Å². The first-order chi connectivity index (χ1) is 2.41. The molecule has 0 aromatic rings. The third-order valence-electron chi connectivity index (χ3n) is 0.577. The SMILES string of the molecule is CC[B]CC.Cl. The van der Waals surface area contributed by atoms with Gasteiger partial charge < -0.3 is 0 Å². The highest BCUT2D eigenvalue weighted by Gasteiger charge is 1.72. The maximum atomic E-state index is 2.25. The Balaban J connectivity index is 0. The van der Waals surface area contributed by atoms with Gasteiger partial charge in [-0.05, 0) is 0 Å². The highest BCUT2D eigenvalue weighted by atomic mass is 35.5. The highest BCUT2D eigenvalue weighted by Crippen LogP contribution is 1.77. The molecule has 0 N–H and O–H groups in total. The van der Waals surface area contributed by atoms with Crippen molar-refractivity contribution in [1.82, 2.24) is 0 Å². The molecule has 0 unspecified atom stereocenters. The van der Waals surface area contributed by atoms with Crippen LogP contribution in [-0.4, -0.2) is 7.28 Å². The van der Waals surface area contributed by atoms with Crippen molar-refractivity contribution in [3.8, 4) is 0 Å². The summed E-state index contributed by atoms with van der Waals surface area (Å²) in [4.78, 5) is 0. The molecule has 2 heteroatoms. The van der Waals surface area contributed by atoms with Crippen molar-refractivity contribution in [2.75, 3.05) is 0 Å². The van der Waals surface area contributed by atoms with Crippen molar-refractivity contribution < 1.29 is 0 Å². The molecule has 0 saturated carbocycles. The number of halogens is 1. The summed E-state index contributed by atoms with van der Waals surface area (Å²) in [6, 6.07) is 0. The molecule has 0 aromatic carbocycles. The highest BCUT2D eigenvalue weighted by molar-refractivity contribution is 6.34. The van der Waals surface area contributed by atoms with E-state index < -0.39 is 0 Å². The summed E-state index contributed by atoms with van der Waals surface area (Å²) in [6.07, 6.45) is 2.44. The second kappa shape index (κ2) is 9.02. The lowest BCUT2D eigenvalue weighted by Gasteiger charge is -1.75. The van der Waals surface area contributed by atoms with Gasteiger partial charge in [0.25, 0.3) is 0 Å². The zero-order valence-electron chi connectivity index (χ0n) is 4.40. The number of hydrogen-bond donors (Lipinski definition) is 0. The molecule has 0 bridgehead atoms. The zero-order valence-corrected chi connectivity index (χ0v) is 5.22. The molecule has 0 aliphatic heterocycles. The summed E-state index contributed by atoms with van der Waals surface area (Å²) in [6.45, 7) is 4.31. The first kappa shape index (κ1) is 9.61. The second-order valence-corrected chi connectivity index (χ2v) is 1.11. The van der Waals surface area contributed by atoms with Gasteiger partial charge in [-0.3, -0.25) is 0 Å². The average molecular weight is 105 g/mol. The molecule has 1 radical (unpaired) electrons. The van der Waals surface area contributed by atoms with E-state index in [1.165, 1.54) is 12.6 Å². The molecule has 37 valence electrons. The van der Waals surface area contributed by atoms with Crippen molar-refractivity contribution in [3.63, 3.8) is 0 Å². The van der Waals surface area contributed by atoms with Crippen molar-refractivity contribution in [2.45, 2.75) is 26.5 Å². The Morgan fingerprint density at radius 2 is 1.50 bits per heavy atom. The first-order valence-corrected chi connectivity index (χ1v) is 2.23. The van der Waals surface area contributed by atoms with Crippen molar-refractivity contribution >= 4 is 19.7 Å². The van der Waals surface area contributed by atoms with Crippen LogP contribution in [0.3, 0.4) is 0 Å². The van der Waals surface area contributed by atoms with Crippen molar-refractivity contribution in [2.24, 2.45) is 0 Å². The van der Waals surface area contributed by atoms with E-state index in [1.54, 1.807) is 0 Å². The lowest BCUT2D eigenvalue weighted by atomic mass is 9.73. The van der Waals surface area contributed by atoms with Crippen LogP contribution in [0, 0.1) is 0 Å². The standard InChI is InChI=1S/C4H10B.ClH/c1-3-5-4-2;/h3-4H2,1-2H3;1H. The van der Waals surface area contributed by atoms with Crippen LogP contribution in [0.5, 0.6) is 0 Å². The quantitative estimate of drug-likeness (QED) is 0.471. The molecule has 0 aliphatic carbocycles. The van der Waals surface area contributed by atoms with Gasteiger partial charge in [0, 0.05) is 0 Å². The van der Waals surface area contributed by atoms with Gasteiger partial charge in [0.2, 0.25) is 0 Å². The minimum Gasteiger partial charge on any atom is -0.147 e. The molecule has 0 aromatic heterocycles. The third kappa shape index (κ3) is 8.84. The van der Waals surface area contributed by atoms with Crippen LogP contribution in [0.1, 0.15) is 13.8 Å². The molecule has 0 amide bonds. The fourth-order valence-corrected chi connectivity index (χ4v) is 0.289. The lowest BCUT2D eigenvalue weighted by Crippen LogP contribution is -1.76. The average Bonchev–Trinajstić information content (AvgIpc) is 1.41. The summed E-state index contributed by atoms with van der Waals surface area (Å²) in [7, 11) is 2.25. The second-order valence-electron chi connectivity index (χ2n) is 1.11. The van der Waals surface area contributed by atoms with Crippen LogP contribution in [0.2, 0.25) is 12.6 Å². The summed E-state index contributed by atoms with van der Waals surface area (Å²) >= 11 is 0. The molecule has 0 aliphatic rings. The molecule has 0 saturated heterocycles. The number of hydrogen-bond acceptors (Lipinski definition) is 0. The summed E-state index contributed by atoms with van der Waals surface area (Å²) in [5, 5.41) is 0. The van der Waals surface area contributed by atoms with Crippen LogP contribution in [0.4, 0.5) is 0 Å². The molecule has 0 atom stereocenters. The molecule has 0 spiro atoms. The molecule has 6 heavy (non-hydrogen) atoms. The summed E-state index contributed by atoms with van der Waals surface area (Å²) < 4.78 is 0. The van der Waals surface area contributed by atoms with E-state index >= 15 is 0 Å². The van der Waals surface area contributed by atoms with E-state index in [0.717, 1.165) is 0 Å². The van der Waals surface area contributed by atoms with Crippen molar-refractivity contribution in [1.29, 1.82) is 0 Å². The van der Waals surface area contributed by atoms with Crippen LogP contribution in [-0.2, 0) is 0 Å². The van der Waals surface area contributed by atoms with Gasteiger partial charge in [-0.1, -0.05) is 26.5 Å². The van der Waals surface area contributed by atoms with Gasteiger partial charge >= 0.3 is 0 Å². The molecule has 0 rings (SSSR count). The van der Waals surface area contributed by atoms with Gasteiger partial charge in [0.1, 0.15) is 7.28 Å². The molecular formula is C4H11BCl. The summed E-state index contributed by atoms with van der Waals surface area (Å²) in [5.74, 6) is 0. The van der Waals surface area contributed by atoms with E-state index in [4.69, 9.17) is 0 Å². The van der Waals surface area contributed by atoms with Crippen LogP contribution < -0.4 is 0 Å². The smallest absolute Gasteiger partial charge is 0.108 e. The maximum Gasteiger partial charge on any atom is 0.108 e. The Morgan fingerprint density at radius 3 is 1.50 bits per heavy atom. The zero-order chi connectivity index (χ0) is 4.12. The van der Waals surface area contributed by atoms with Gasteiger partial charge in [-0.15, -0.1) is 12.4 Å². The Bertz CT molecular complexity index is 15.0. The van der Waals surface area contributed by atoms with Crippen molar-refractivity contribution in [3.05, 3.63) is 0 Å². The lowest BCUT2D eigenvalue weighted by molar-refractivity contribution is 1.36. The third-order valence-corrected chi connectivity index (χ3v) is 0.577. The predicted octanol–water partition coefficient (Wildman–Crippen LogP) is 1.99. The Kier molecular flexibility index (Phi) is 14.4. The molecule has 0 fully saturated rings. The van der Waals surface area contributed by atoms with E-state index in [-0.39, 0.29) is 12.4 Å². The monoisotopic (exact) mass is 105 g/mol. The molecular weight excluding hydrogens is 94.3 g/mol. The maximum absolute atomic E-state index is 2.25. The van der Waals surface area contributed by atoms with E-state index in [0.29, 0.717) is 0 Å². The van der Waals surface area contributed by atoms with E-state index in [1.807, 2.05) is 0 Å². The minimum atomic E-state index is 0. The van der Waals surface area contributed by atoms with Gasteiger partial charge in [0.15, 0.2) is 0 Å². The topological polar surface area (TPSA) is 0 Å². The minimum absolute atomic E-state index is 0. The molecule has 0 nitrogen and oxygen atoms in total. The fraction of sp³-hybridized carbons (Fsp3) is 1.00.